The molecule has 0 aliphatic carbocycles. The maximum Gasteiger partial charge on any atom is 0.141 e. The lowest BCUT2D eigenvalue weighted by molar-refractivity contribution is 0.0183. The second kappa shape index (κ2) is 8.11. The Balaban J connectivity index is 1.69. The lowest BCUT2D eigenvalue weighted by Gasteiger charge is -2.16. The summed E-state index contributed by atoms with van der Waals surface area (Å²) in [4.78, 5) is 0. The highest BCUT2D eigenvalue weighted by atomic mass is 79.9. The minimum absolute atomic E-state index is 0.0996. The Labute approximate surface area is 134 Å². The number of hydrogen-bond donors (Lipinski definition) is 1. The largest absolute Gasteiger partial charge is 0.491 e. The maximum atomic E-state index is 13.4. The van der Waals surface area contributed by atoms with E-state index in [-0.39, 0.29) is 18.0 Å². The summed E-state index contributed by atoms with van der Waals surface area (Å²) in [5.74, 6) is 0.883. The van der Waals surface area contributed by atoms with Crippen molar-refractivity contribution in [2.45, 2.75) is 38.9 Å². The van der Waals surface area contributed by atoms with Gasteiger partial charge >= 0.3 is 0 Å². The third kappa shape index (κ3) is 5.57. The number of ether oxygens (including phenoxy) is 2. The van der Waals surface area contributed by atoms with Gasteiger partial charge in [0.25, 0.3) is 0 Å². The van der Waals surface area contributed by atoms with Gasteiger partial charge in [0, 0.05) is 12.6 Å². The molecule has 2 rings (SSSR count). The van der Waals surface area contributed by atoms with Gasteiger partial charge in [0.15, 0.2) is 0 Å². The van der Waals surface area contributed by atoms with E-state index < -0.39 is 0 Å². The molecular formula is C16H23BrFNO2. The molecule has 1 fully saturated rings. The summed E-state index contributed by atoms with van der Waals surface area (Å²) in [6.45, 7) is 6.76. The van der Waals surface area contributed by atoms with Crippen molar-refractivity contribution < 1.29 is 13.9 Å². The summed E-state index contributed by atoms with van der Waals surface area (Å²) >= 11 is 3.13. The van der Waals surface area contributed by atoms with Crippen molar-refractivity contribution in [1.29, 1.82) is 0 Å². The van der Waals surface area contributed by atoms with Crippen LogP contribution in [-0.2, 0) is 4.74 Å². The second-order valence-electron chi connectivity index (χ2n) is 5.90. The van der Waals surface area contributed by atoms with Gasteiger partial charge in [0.2, 0.25) is 0 Å². The Kier molecular flexibility index (Phi) is 6.45. The second-order valence-corrected chi connectivity index (χ2v) is 6.75. The van der Waals surface area contributed by atoms with E-state index in [1.54, 1.807) is 12.1 Å². The van der Waals surface area contributed by atoms with Crippen LogP contribution in [0.5, 0.6) is 5.75 Å². The van der Waals surface area contributed by atoms with Gasteiger partial charge in [-0.3, -0.25) is 0 Å². The highest BCUT2D eigenvalue weighted by molar-refractivity contribution is 9.10. The summed E-state index contributed by atoms with van der Waals surface area (Å²) in [6, 6.07) is 4.79. The van der Waals surface area contributed by atoms with Crippen molar-refractivity contribution in [2.24, 2.45) is 5.92 Å². The summed E-state index contributed by atoms with van der Waals surface area (Å²) in [7, 11) is 0. The Hall–Kier alpha value is -0.650. The van der Waals surface area contributed by atoms with Gasteiger partial charge < -0.3 is 14.8 Å². The third-order valence-corrected chi connectivity index (χ3v) is 4.09. The minimum atomic E-state index is -0.310. The van der Waals surface area contributed by atoms with Crippen molar-refractivity contribution in [2.75, 3.05) is 19.7 Å². The van der Waals surface area contributed by atoms with Gasteiger partial charge in [-0.1, -0.05) is 13.8 Å². The molecular weight excluding hydrogens is 337 g/mol. The van der Waals surface area contributed by atoms with E-state index in [1.165, 1.54) is 6.07 Å². The van der Waals surface area contributed by atoms with Crippen molar-refractivity contribution in [1.82, 2.24) is 5.32 Å². The molecule has 1 heterocycles. The number of benzene rings is 1. The van der Waals surface area contributed by atoms with Gasteiger partial charge in [-0.25, -0.2) is 4.39 Å². The number of rotatable bonds is 7. The molecule has 0 amide bonds. The normalized spacial score (nSPS) is 22.0. The maximum absolute atomic E-state index is 13.4. The van der Waals surface area contributed by atoms with Gasteiger partial charge in [-0.15, -0.1) is 0 Å². The molecule has 3 nitrogen and oxygen atoms in total. The van der Waals surface area contributed by atoms with Crippen LogP contribution in [0.1, 0.15) is 26.7 Å². The molecule has 2 unspecified atom stereocenters. The topological polar surface area (TPSA) is 30.5 Å². The van der Waals surface area contributed by atoms with Crippen LogP contribution in [0.15, 0.2) is 22.7 Å². The zero-order valence-electron chi connectivity index (χ0n) is 12.6. The minimum Gasteiger partial charge on any atom is -0.491 e. The van der Waals surface area contributed by atoms with Crippen LogP contribution in [0.4, 0.5) is 4.39 Å². The van der Waals surface area contributed by atoms with Crippen LogP contribution in [0.2, 0.25) is 0 Å². The SMILES string of the molecule is CC(C)CNCC1CCC(COc2ccc(Br)c(F)c2)O1. The molecule has 0 spiro atoms. The van der Waals surface area contributed by atoms with Gasteiger partial charge in [0.05, 0.1) is 16.7 Å². The van der Waals surface area contributed by atoms with E-state index in [2.05, 4.69) is 35.1 Å². The number of nitrogens with one attached hydrogen (secondary N) is 1. The molecule has 1 saturated heterocycles. The molecule has 1 aliphatic heterocycles. The predicted octanol–water partition coefficient (Wildman–Crippen LogP) is 3.76. The molecule has 0 bridgehead atoms. The van der Waals surface area contributed by atoms with Crippen LogP contribution >= 0.6 is 15.9 Å². The lowest BCUT2D eigenvalue weighted by Crippen LogP contribution is -2.30. The van der Waals surface area contributed by atoms with E-state index in [9.17, 15) is 4.39 Å². The van der Waals surface area contributed by atoms with Crippen LogP contribution in [-0.4, -0.2) is 31.9 Å². The molecule has 1 aliphatic rings. The smallest absolute Gasteiger partial charge is 0.141 e. The molecule has 5 heteroatoms. The van der Waals surface area contributed by atoms with Crippen molar-refractivity contribution in [3.63, 3.8) is 0 Å². The first-order valence-corrected chi connectivity index (χ1v) is 8.28. The third-order valence-electron chi connectivity index (χ3n) is 3.45. The molecule has 118 valence electrons. The molecule has 0 aromatic heterocycles. The Morgan fingerprint density at radius 1 is 1.38 bits per heavy atom. The predicted molar refractivity (Wildman–Crippen MR) is 85.2 cm³/mol. The fourth-order valence-electron chi connectivity index (χ4n) is 2.34. The Morgan fingerprint density at radius 3 is 2.86 bits per heavy atom. The van der Waals surface area contributed by atoms with E-state index in [0.29, 0.717) is 22.7 Å². The van der Waals surface area contributed by atoms with Crippen molar-refractivity contribution >= 4 is 15.9 Å². The fourth-order valence-corrected chi connectivity index (χ4v) is 2.59. The van der Waals surface area contributed by atoms with Crippen LogP contribution in [0, 0.1) is 11.7 Å². The summed E-state index contributed by atoms with van der Waals surface area (Å²) < 4.78 is 25.4. The number of halogens is 2. The Bertz CT molecular complexity index is 456. The number of hydrogen-bond acceptors (Lipinski definition) is 3. The highest BCUT2D eigenvalue weighted by Gasteiger charge is 2.25. The van der Waals surface area contributed by atoms with E-state index >= 15 is 0 Å². The first-order valence-electron chi connectivity index (χ1n) is 7.48. The molecule has 1 aromatic rings. The van der Waals surface area contributed by atoms with E-state index in [0.717, 1.165) is 25.9 Å². The first-order chi connectivity index (χ1) is 10.0. The monoisotopic (exact) mass is 359 g/mol. The summed E-state index contributed by atoms with van der Waals surface area (Å²) in [5, 5.41) is 3.41. The van der Waals surface area contributed by atoms with E-state index in [4.69, 9.17) is 9.47 Å². The van der Waals surface area contributed by atoms with Gasteiger partial charge in [-0.2, -0.15) is 0 Å². The van der Waals surface area contributed by atoms with Crippen LogP contribution < -0.4 is 10.1 Å². The van der Waals surface area contributed by atoms with Crippen molar-refractivity contribution in [3.05, 3.63) is 28.5 Å². The molecule has 2 atom stereocenters. The van der Waals surface area contributed by atoms with E-state index in [1.807, 2.05) is 0 Å². The average Bonchev–Trinajstić information content (AvgIpc) is 2.88. The zero-order chi connectivity index (χ0) is 15.2. The molecule has 1 aromatic carbocycles. The van der Waals surface area contributed by atoms with Gasteiger partial charge in [0.1, 0.15) is 18.2 Å². The quantitative estimate of drug-likeness (QED) is 0.803. The van der Waals surface area contributed by atoms with Crippen molar-refractivity contribution in [3.8, 4) is 5.75 Å². The highest BCUT2D eigenvalue weighted by Crippen LogP contribution is 2.23. The molecule has 0 saturated carbocycles. The molecule has 21 heavy (non-hydrogen) atoms. The fraction of sp³-hybridized carbons (Fsp3) is 0.625. The molecule has 1 N–H and O–H groups in total. The average molecular weight is 360 g/mol. The summed E-state index contributed by atoms with van der Waals surface area (Å²) in [6.07, 6.45) is 2.41. The molecule has 0 radical (unpaired) electrons. The standard InChI is InChI=1S/C16H23BrFNO2/c1-11(2)8-19-9-13-3-4-14(21-13)10-20-12-5-6-15(17)16(18)7-12/h5-7,11,13-14,19H,3-4,8-10H2,1-2H3. The lowest BCUT2D eigenvalue weighted by atomic mass is 10.2. The van der Waals surface area contributed by atoms with Crippen LogP contribution in [0.3, 0.4) is 0 Å². The van der Waals surface area contributed by atoms with Gasteiger partial charge in [-0.05, 0) is 53.4 Å². The van der Waals surface area contributed by atoms with Crippen LogP contribution in [0.25, 0.3) is 0 Å². The first kappa shape index (κ1) is 16.7. The zero-order valence-corrected chi connectivity index (χ0v) is 14.2. The Morgan fingerprint density at radius 2 is 2.14 bits per heavy atom. The summed E-state index contributed by atoms with van der Waals surface area (Å²) in [5.41, 5.74) is 0.